The van der Waals surface area contributed by atoms with Crippen LogP contribution in [0.4, 0.5) is 0 Å². The van der Waals surface area contributed by atoms with E-state index in [1.54, 1.807) is 18.2 Å². The lowest BCUT2D eigenvalue weighted by atomic mass is 10.3. The van der Waals surface area contributed by atoms with E-state index in [9.17, 15) is 4.79 Å². The SMILES string of the molecule is O=C(COc1ccc(Cl)cc1Cl)NCCC1OCCCO1. The lowest BCUT2D eigenvalue weighted by Gasteiger charge is -2.23. The smallest absolute Gasteiger partial charge is 0.257 e. The quantitative estimate of drug-likeness (QED) is 0.869. The van der Waals surface area contributed by atoms with Crippen LogP contribution in [0.2, 0.25) is 10.0 Å². The molecule has 1 amide bonds. The standard InChI is InChI=1S/C14H17Cl2NO4/c15-10-2-3-12(11(16)8-10)21-9-13(18)17-5-4-14-19-6-1-7-20-14/h2-3,8,14H,1,4-7,9H2,(H,17,18). The van der Waals surface area contributed by atoms with Gasteiger partial charge in [-0.05, 0) is 24.6 Å². The zero-order chi connectivity index (χ0) is 15.1. The third kappa shape index (κ3) is 5.71. The van der Waals surface area contributed by atoms with Gasteiger partial charge in [-0.3, -0.25) is 4.79 Å². The first-order valence-corrected chi connectivity index (χ1v) is 7.48. The highest BCUT2D eigenvalue weighted by Gasteiger charge is 2.14. The summed E-state index contributed by atoms with van der Waals surface area (Å²) < 4.78 is 16.1. The fourth-order valence-corrected chi connectivity index (χ4v) is 2.28. The highest BCUT2D eigenvalue weighted by Crippen LogP contribution is 2.27. The minimum absolute atomic E-state index is 0.103. The van der Waals surface area contributed by atoms with Gasteiger partial charge in [-0.2, -0.15) is 0 Å². The Morgan fingerprint density at radius 3 is 2.81 bits per heavy atom. The lowest BCUT2D eigenvalue weighted by Crippen LogP contribution is -2.34. The lowest BCUT2D eigenvalue weighted by molar-refractivity contribution is -0.180. The molecule has 1 heterocycles. The van der Waals surface area contributed by atoms with Crippen LogP contribution in [0.1, 0.15) is 12.8 Å². The van der Waals surface area contributed by atoms with Crippen LogP contribution in [0.25, 0.3) is 0 Å². The molecule has 0 aromatic heterocycles. The van der Waals surface area contributed by atoms with Crippen LogP contribution < -0.4 is 10.1 Å². The van der Waals surface area contributed by atoms with E-state index in [4.69, 9.17) is 37.4 Å². The summed E-state index contributed by atoms with van der Waals surface area (Å²) in [5.41, 5.74) is 0. The van der Waals surface area contributed by atoms with Gasteiger partial charge in [-0.1, -0.05) is 23.2 Å². The Balaban J connectivity index is 1.65. The van der Waals surface area contributed by atoms with Crippen molar-refractivity contribution in [2.24, 2.45) is 0 Å². The van der Waals surface area contributed by atoms with Crippen LogP contribution in [0.15, 0.2) is 18.2 Å². The molecule has 0 saturated carbocycles. The summed E-state index contributed by atoms with van der Waals surface area (Å²) in [4.78, 5) is 11.6. The molecule has 1 saturated heterocycles. The third-order valence-corrected chi connectivity index (χ3v) is 3.38. The Bertz CT molecular complexity index is 478. The number of ether oxygens (including phenoxy) is 3. The molecule has 0 bridgehead atoms. The number of benzene rings is 1. The van der Waals surface area contributed by atoms with E-state index in [-0.39, 0.29) is 18.8 Å². The Hall–Kier alpha value is -1.01. The molecule has 116 valence electrons. The fraction of sp³-hybridized carbons (Fsp3) is 0.500. The van der Waals surface area contributed by atoms with E-state index in [2.05, 4.69) is 5.32 Å². The predicted octanol–water partition coefficient (Wildman–Crippen LogP) is 2.64. The molecule has 1 aliphatic heterocycles. The Kier molecular flexibility index (Phi) is 6.57. The third-order valence-electron chi connectivity index (χ3n) is 2.85. The first-order chi connectivity index (χ1) is 10.1. The normalized spacial score (nSPS) is 15.7. The van der Waals surface area contributed by atoms with E-state index in [0.717, 1.165) is 6.42 Å². The summed E-state index contributed by atoms with van der Waals surface area (Å²) in [5, 5.41) is 3.63. The van der Waals surface area contributed by atoms with Gasteiger partial charge in [0.1, 0.15) is 5.75 Å². The first-order valence-electron chi connectivity index (χ1n) is 6.73. The van der Waals surface area contributed by atoms with Crippen molar-refractivity contribution in [3.63, 3.8) is 0 Å². The summed E-state index contributed by atoms with van der Waals surface area (Å²) in [6.07, 6.45) is 1.30. The fourth-order valence-electron chi connectivity index (χ4n) is 1.82. The molecule has 0 spiro atoms. The number of rotatable bonds is 6. The second kappa shape index (κ2) is 8.44. The van der Waals surface area contributed by atoms with Crippen molar-refractivity contribution in [1.29, 1.82) is 0 Å². The number of nitrogens with one attached hydrogen (secondary N) is 1. The number of amides is 1. The number of carbonyl (C=O) groups excluding carboxylic acids is 1. The monoisotopic (exact) mass is 333 g/mol. The maximum Gasteiger partial charge on any atom is 0.257 e. The molecule has 2 rings (SSSR count). The van der Waals surface area contributed by atoms with Gasteiger partial charge in [0.25, 0.3) is 5.91 Å². The molecule has 1 aromatic rings. The topological polar surface area (TPSA) is 56.8 Å². The summed E-state index contributed by atoms with van der Waals surface area (Å²) in [6, 6.07) is 4.84. The minimum atomic E-state index is -0.231. The van der Waals surface area contributed by atoms with Gasteiger partial charge >= 0.3 is 0 Å². The van der Waals surface area contributed by atoms with E-state index in [1.807, 2.05) is 0 Å². The number of hydrogen-bond donors (Lipinski definition) is 1. The van der Waals surface area contributed by atoms with E-state index < -0.39 is 0 Å². The summed E-state index contributed by atoms with van der Waals surface area (Å²) in [6.45, 7) is 1.78. The number of carbonyl (C=O) groups is 1. The van der Waals surface area contributed by atoms with Gasteiger partial charge in [0.15, 0.2) is 12.9 Å². The van der Waals surface area contributed by atoms with Crippen LogP contribution in [-0.4, -0.2) is 38.6 Å². The van der Waals surface area contributed by atoms with E-state index in [0.29, 0.717) is 42.0 Å². The maximum absolute atomic E-state index is 11.6. The van der Waals surface area contributed by atoms with E-state index in [1.165, 1.54) is 0 Å². The average molecular weight is 334 g/mol. The average Bonchev–Trinajstić information content (AvgIpc) is 2.47. The predicted molar refractivity (Wildman–Crippen MR) is 79.9 cm³/mol. The molecule has 7 heteroatoms. The highest BCUT2D eigenvalue weighted by atomic mass is 35.5. The van der Waals surface area contributed by atoms with Crippen molar-refractivity contribution < 1.29 is 19.0 Å². The molecule has 1 aromatic carbocycles. The largest absolute Gasteiger partial charge is 0.482 e. The molecule has 1 fully saturated rings. The molecular formula is C14H17Cl2NO4. The maximum atomic E-state index is 11.6. The second-order valence-electron chi connectivity index (χ2n) is 4.53. The van der Waals surface area contributed by atoms with Gasteiger partial charge in [0.2, 0.25) is 0 Å². The van der Waals surface area contributed by atoms with Crippen molar-refractivity contribution in [3.05, 3.63) is 28.2 Å². The summed E-state index contributed by atoms with van der Waals surface area (Å²) in [5.74, 6) is 0.201. The van der Waals surface area contributed by atoms with Crippen LogP contribution in [0.3, 0.4) is 0 Å². The Morgan fingerprint density at radius 1 is 1.33 bits per heavy atom. The molecular weight excluding hydrogens is 317 g/mol. The molecule has 0 unspecified atom stereocenters. The van der Waals surface area contributed by atoms with Crippen LogP contribution in [0, 0.1) is 0 Å². The van der Waals surface area contributed by atoms with Crippen LogP contribution >= 0.6 is 23.2 Å². The summed E-state index contributed by atoms with van der Waals surface area (Å²) in [7, 11) is 0. The zero-order valence-corrected chi connectivity index (χ0v) is 13.0. The zero-order valence-electron chi connectivity index (χ0n) is 11.4. The molecule has 0 atom stereocenters. The van der Waals surface area contributed by atoms with Gasteiger partial charge in [-0.25, -0.2) is 0 Å². The van der Waals surface area contributed by atoms with Crippen molar-refractivity contribution in [1.82, 2.24) is 5.32 Å². The van der Waals surface area contributed by atoms with E-state index >= 15 is 0 Å². The molecule has 1 N–H and O–H groups in total. The first kappa shape index (κ1) is 16.4. The van der Waals surface area contributed by atoms with Gasteiger partial charge in [-0.15, -0.1) is 0 Å². The molecule has 0 radical (unpaired) electrons. The molecule has 21 heavy (non-hydrogen) atoms. The Morgan fingerprint density at radius 2 is 2.10 bits per heavy atom. The Labute approximate surface area is 133 Å². The molecule has 0 aliphatic carbocycles. The van der Waals surface area contributed by atoms with Gasteiger partial charge in [0.05, 0.1) is 18.2 Å². The van der Waals surface area contributed by atoms with Gasteiger partial charge < -0.3 is 19.5 Å². The summed E-state index contributed by atoms with van der Waals surface area (Å²) >= 11 is 11.7. The molecule has 1 aliphatic rings. The molecule has 5 nitrogen and oxygen atoms in total. The van der Waals surface area contributed by atoms with Crippen molar-refractivity contribution in [2.75, 3.05) is 26.4 Å². The second-order valence-corrected chi connectivity index (χ2v) is 5.37. The van der Waals surface area contributed by atoms with Crippen LogP contribution in [0.5, 0.6) is 5.75 Å². The minimum Gasteiger partial charge on any atom is -0.482 e. The highest BCUT2D eigenvalue weighted by molar-refractivity contribution is 6.35. The van der Waals surface area contributed by atoms with Crippen LogP contribution in [-0.2, 0) is 14.3 Å². The number of halogens is 2. The number of hydrogen-bond acceptors (Lipinski definition) is 4. The van der Waals surface area contributed by atoms with Crippen molar-refractivity contribution in [3.8, 4) is 5.75 Å². The van der Waals surface area contributed by atoms with Crippen molar-refractivity contribution >= 4 is 29.1 Å². The van der Waals surface area contributed by atoms with Gasteiger partial charge in [0, 0.05) is 18.0 Å². The van der Waals surface area contributed by atoms with Crippen molar-refractivity contribution in [2.45, 2.75) is 19.1 Å².